The van der Waals surface area contributed by atoms with Gasteiger partial charge in [-0.25, -0.2) is 8.42 Å². The van der Waals surface area contributed by atoms with Crippen LogP contribution in [0.25, 0.3) is 0 Å². The Morgan fingerprint density at radius 3 is 2.41 bits per heavy atom. The highest BCUT2D eigenvalue weighted by Crippen LogP contribution is 2.33. The van der Waals surface area contributed by atoms with Crippen molar-refractivity contribution in [2.45, 2.75) is 44.4 Å². The number of rotatable bonds is 6. The van der Waals surface area contributed by atoms with Crippen molar-refractivity contribution in [3.63, 3.8) is 0 Å². The topological polar surface area (TPSA) is 75.7 Å². The zero-order chi connectivity index (χ0) is 21.2. The second-order valence-electron chi connectivity index (χ2n) is 7.66. The number of nitrogens with one attached hydrogen (secondary N) is 1. The molecular formula is C22H28N2O4S. The van der Waals surface area contributed by atoms with Gasteiger partial charge in [-0.15, -0.1) is 0 Å². The lowest BCUT2D eigenvalue weighted by Crippen LogP contribution is -2.29. The second kappa shape index (κ2) is 8.45. The van der Waals surface area contributed by atoms with Crippen LogP contribution in [0.4, 0.5) is 5.69 Å². The molecule has 0 aromatic heterocycles. The highest BCUT2D eigenvalue weighted by Gasteiger charge is 2.25. The first kappa shape index (κ1) is 21.2. The number of anilines is 1. The number of hydrogen-bond donors (Lipinski definition) is 1. The molecular weight excluding hydrogens is 388 g/mol. The average molecular weight is 417 g/mol. The van der Waals surface area contributed by atoms with Gasteiger partial charge >= 0.3 is 0 Å². The summed E-state index contributed by atoms with van der Waals surface area (Å²) >= 11 is 0. The molecule has 2 aromatic rings. The standard InChI is InChI=1S/C22H28N2O4S/c1-15(2)18-14-21(16(3)13-20(18)28-4)29(26,27)23-19-10-6-5-9-17(19)22(25)24-11-7-8-12-24/h5-6,9-10,13-15,23H,7-8,11-12H2,1-4H3. The van der Waals surface area contributed by atoms with Gasteiger partial charge in [-0.3, -0.25) is 9.52 Å². The minimum absolute atomic E-state index is 0.100. The summed E-state index contributed by atoms with van der Waals surface area (Å²) in [4.78, 5) is 14.8. The monoisotopic (exact) mass is 416 g/mol. The van der Waals surface area contributed by atoms with Crippen LogP contribution in [0.1, 0.15) is 54.1 Å². The molecule has 0 unspecified atom stereocenters. The van der Waals surface area contributed by atoms with Crippen molar-refractivity contribution in [2.75, 3.05) is 24.9 Å². The van der Waals surface area contributed by atoms with Crippen LogP contribution in [0, 0.1) is 6.92 Å². The minimum atomic E-state index is -3.88. The van der Waals surface area contributed by atoms with Gasteiger partial charge in [0.05, 0.1) is 23.3 Å². The van der Waals surface area contributed by atoms with Crippen LogP contribution in [0.5, 0.6) is 5.75 Å². The second-order valence-corrected chi connectivity index (χ2v) is 9.32. The third-order valence-corrected chi connectivity index (χ3v) is 6.74. The molecule has 1 heterocycles. The van der Waals surface area contributed by atoms with Crippen LogP contribution in [0.3, 0.4) is 0 Å². The van der Waals surface area contributed by atoms with Crippen molar-refractivity contribution in [2.24, 2.45) is 0 Å². The van der Waals surface area contributed by atoms with Crippen LogP contribution >= 0.6 is 0 Å². The summed E-state index contributed by atoms with van der Waals surface area (Å²) in [7, 11) is -2.30. The smallest absolute Gasteiger partial charge is 0.262 e. The van der Waals surface area contributed by atoms with Crippen LogP contribution < -0.4 is 9.46 Å². The number of likely N-dealkylation sites (tertiary alicyclic amines) is 1. The van der Waals surface area contributed by atoms with E-state index >= 15 is 0 Å². The highest BCUT2D eigenvalue weighted by molar-refractivity contribution is 7.92. The maximum Gasteiger partial charge on any atom is 0.262 e. The third kappa shape index (κ3) is 4.40. The first-order chi connectivity index (χ1) is 13.7. The van der Waals surface area contributed by atoms with Crippen molar-refractivity contribution in [1.82, 2.24) is 4.90 Å². The lowest BCUT2D eigenvalue weighted by atomic mass is 10.0. The molecule has 1 N–H and O–H groups in total. The molecule has 0 atom stereocenters. The van der Waals surface area contributed by atoms with Gasteiger partial charge < -0.3 is 9.64 Å². The fourth-order valence-corrected chi connectivity index (χ4v) is 4.99. The Labute approximate surface area is 172 Å². The molecule has 0 spiro atoms. The molecule has 0 aliphatic carbocycles. The van der Waals surface area contributed by atoms with Crippen molar-refractivity contribution in [1.29, 1.82) is 0 Å². The van der Waals surface area contributed by atoms with Gasteiger partial charge in [0, 0.05) is 13.1 Å². The number of carbonyl (C=O) groups excluding carboxylic acids is 1. The van der Waals surface area contributed by atoms with E-state index in [1.54, 1.807) is 55.3 Å². The summed E-state index contributed by atoms with van der Waals surface area (Å²) in [5.74, 6) is 0.625. The molecule has 1 fully saturated rings. The Hall–Kier alpha value is -2.54. The van der Waals surface area contributed by atoms with Gasteiger partial charge in [-0.1, -0.05) is 26.0 Å². The number of carbonyl (C=O) groups is 1. The van der Waals surface area contributed by atoms with Crippen molar-refractivity contribution in [3.8, 4) is 5.75 Å². The van der Waals surface area contributed by atoms with E-state index in [1.165, 1.54) is 0 Å². The Morgan fingerprint density at radius 1 is 1.14 bits per heavy atom. The van der Waals surface area contributed by atoms with Crippen LogP contribution in [0.15, 0.2) is 41.3 Å². The largest absolute Gasteiger partial charge is 0.496 e. The minimum Gasteiger partial charge on any atom is -0.496 e. The van der Waals surface area contributed by atoms with Crippen molar-refractivity contribution in [3.05, 3.63) is 53.1 Å². The summed E-state index contributed by atoms with van der Waals surface area (Å²) in [5, 5.41) is 0. The molecule has 1 saturated heterocycles. The third-order valence-electron chi connectivity index (χ3n) is 5.23. The maximum atomic E-state index is 13.2. The number of para-hydroxylation sites is 1. The Balaban J connectivity index is 1.99. The fourth-order valence-electron chi connectivity index (χ4n) is 3.64. The van der Waals surface area contributed by atoms with Crippen LogP contribution in [-0.2, 0) is 10.0 Å². The normalized spacial score (nSPS) is 14.3. The molecule has 156 valence electrons. The van der Waals surface area contributed by atoms with Gasteiger partial charge in [0.2, 0.25) is 0 Å². The van der Waals surface area contributed by atoms with Crippen LogP contribution in [-0.4, -0.2) is 39.4 Å². The van der Waals surface area contributed by atoms with Gasteiger partial charge in [-0.05, 0) is 61.1 Å². The first-order valence-electron chi connectivity index (χ1n) is 9.84. The van der Waals surface area contributed by atoms with E-state index < -0.39 is 10.0 Å². The number of aryl methyl sites for hydroxylation is 1. The van der Waals surface area contributed by atoms with Gasteiger partial charge in [0.1, 0.15) is 5.75 Å². The van der Waals surface area contributed by atoms with Gasteiger partial charge in [0.15, 0.2) is 0 Å². The van der Waals surface area contributed by atoms with Crippen molar-refractivity contribution < 1.29 is 17.9 Å². The molecule has 0 radical (unpaired) electrons. The molecule has 2 aromatic carbocycles. The number of methoxy groups -OCH3 is 1. The Kier molecular flexibility index (Phi) is 6.17. The summed E-state index contributed by atoms with van der Waals surface area (Å²) in [6.45, 7) is 7.12. The number of nitrogens with zero attached hydrogens (tertiary/aromatic N) is 1. The quantitative estimate of drug-likeness (QED) is 0.767. The predicted molar refractivity (Wildman–Crippen MR) is 114 cm³/mol. The Morgan fingerprint density at radius 2 is 1.79 bits per heavy atom. The number of benzene rings is 2. The summed E-state index contributed by atoms with van der Waals surface area (Å²) < 4.78 is 34.5. The molecule has 0 saturated carbocycles. The summed E-state index contributed by atoms with van der Waals surface area (Å²) in [6.07, 6.45) is 1.95. The lowest BCUT2D eigenvalue weighted by molar-refractivity contribution is 0.0794. The SMILES string of the molecule is COc1cc(C)c(S(=O)(=O)Nc2ccccc2C(=O)N2CCCC2)cc1C(C)C. The average Bonchev–Trinajstić information content (AvgIpc) is 3.21. The zero-order valence-electron chi connectivity index (χ0n) is 17.4. The summed E-state index contributed by atoms with van der Waals surface area (Å²) in [5.41, 5.74) is 2.07. The first-order valence-corrected chi connectivity index (χ1v) is 11.3. The highest BCUT2D eigenvalue weighted by atomic mass is 32.2. The molecule has 0 bridgehead atoms. The molecule has 7 heteroatoms. The summed E-state index contributed by atoms with van der Waals surface area (Å²) in [6, 6.07) is 10.2. The molecule has 29 heavy (non-hydrogen) atoms. The molecule has 3 rings (SSSR count). The molecule has 1 amide bonds. The van der Waals surface area contributed by atoms with E-state index in [-0.39, 0.29) is 16.7 Å². The zero-order valence-corrected chi connectivity index (χ0v) is 18.2. The van der Waals surface area contributed by atoms with Gasteiger partial charge in [0.25, 0.3) is 15.9 Å². The van der Waals surface area contributed by atoms with E-state index in [9.17, 15) is 13.2 Å². The van der Waals surface area contributed by atoms with E-state index in [0.29, 0.717) is 35.7 Å². The maximum absolute atomic E-state index is 13.2. The number of sulfonamides is 1. The fraction of sp³-hybridized carbons (Fsp3) is 0.409. The number of amides is 1. The van der Waals surface area contributed by atoms with E-state index in [1.807, 2.05) is 13.8 Å². The van der Waals surface area contributed by atoms with E-state index in [2.05, 4.69) is 4.72 Å². The number of ether oxygens (including phenoxy) is 1. The van der Waals surface area contributed by atoms with Crippen LogP contribution in [0.2, 0.25) is 0 Å². The predicted octanol–water partition coefficient (Wildman–Crippen LogP) is 4.16. The van der Waals surface area contributed by atoms with E-state index in [0.717, 1.165) is 18.4 Å². The molecule has 1 aliphatic heterocycles. The molecule has 1 aliphatic rings. The Bertz CT molecular complexity index is 1010. The van der Waals surface area contributed by atoms with Gasteiger partial charge in [-0.2, -0.15) is 0 Å². The number of hydrogen-bond acceptors (Lipinski definition) is 4. The van der Waals surface area contributed by atoms with E-state index in [4.69, 9.17) is 4.74 Å². The molecule has 6 nitrogen and oxygen atoms in total. The lowest BCUT2D eigenvalue weighted by Gasteiger charge is -2.20. The van der Waals surface area contributed by atoms with Crippen molar-refractivity contribution >= 4 is 21.6 Å².